The molecule has 0 aliphatic rings. The molecule has 0 aliphatic carbocycles. The largest absolute Gasteiger partial charge is 0.309 e. The molecule has 0 amide bonds. The molecule has 0 atom stereocenters. The Morgan fingerprint density at radius 3 is 0.681 bits per heavy atom. The van der Waals surface area contributed by atoms with Gasteiger partial charge in [-0.25, -0.2) is 19.9 Å². The lowest BCUT2D eigenvalue weighted by Crippen LogP contribution is -2.01. The fraction of sp³-hybridized carbons (Fsp3) is 0. The van der Waals surface area contributed by atoms with Gasteiger partial charge in [0.05, 0.1) is 55.2 Å². The number of fused-ring (bicyclic) bond motifs is 7. The first-order valence-corrected chi connectivity index (χ1v) is 30.7. The Labute approximate surface area is 523 Å². The maximum Gasteiger partial charge on any atom is 0.145 e. The van der Waals surface area contributed by atoms with Crippen LogP contribution in [0.5, 0.6) is 0 Å². The van der Waals surface area contributed by atoms with E-state index in [9.17, 15) is 0 Å². The third-order valence-electron chi connectivity index (χ3n) is 17.6. The molecule has 9 heteroatoms. The summed E-state index contributed by atoms with van der Waals surface area (Å²) in [6, 6.07) is 114. The van der Waals surface area contributed by atoms with Crippen molar-refractivity contribution < 1.29 is 0 Å². The summed E-state index contributed by atoms with van der Waals surface area (Å²) < 4.78 is 11.6. The Morgan fingerprint density at radius 2 is 0.385 bits per heavy atom. The molecular weight excluding hydrogens is 1110 g/mol. The Morgan fingerprint density at radius 1 is 0.165 bits per heavy atom. The number of nitrogens with zero attached hydrogens (tertiary/aromatic N) is 9. The van der Waals surface area contributed by atoms with Gasteiger partial charge in [-0.05, 0) is 186 Å². The van der Waals surface area contributed by atoms with Gasteiger partial charge in [0.1, 0.15) is 23.3 Å². The van der Waals surface area contributed by atoms with Crippen molar-refractivity contribution in [3.8, 4) is 96.2 Å². The standard InChI is InChI=1S/C82H53N9/c1-5-25-62(26-6-1)88-75-41-21-15-35-69(75)83-79(88)58-46-54(47-59(50-58)80-84-70-36-16-22-42-76(70)89(80)63-27-7-2-8-28-63)56-45-57(53-66(52-56)87-73-39-19-13-33-67(73)68-34-14-20-40-74(68)87)55-48-60(81-85-71-37-17-23-43-77(71)90(81)64-29-9-3-10-30-64)51-61(49-55)82-86-72-38-18-24-44-78(72)91(82)65-31-11-4-12-32-65/h1-53H. The van der Waals surface area contributed by atoms with Crippen LogP contribution >= 0.6 is 0 Å². The van der Waals surface area contributed by atoms with Gasteiger partial charge >= 0.3 is 0 Å². The van der Waals surface area contributed by atoms with Crippen molar-refractivity contribution in [2.75, 3.05) is 0 Å². The maximum atomic E-state index is 5.53. The molecule has 0 saturated heterocycles. The van der Waals surface area contributed by atoms with Gasteiger partial charge in [-0.1, -0.05) is 158 Å². The normalized spacial score (nSPS) is 11.7. The van der Waals surface area contributed by atoms with Crippen LogP contribution in [0.2, 0.25) is 0 Å². The van der Waals surface area contributed by atoms with Crippen LogP contribution in [-0.2, 0) is 0 Å². The van der Waals surface area contributed by atoms with Crippen LogP contribution in [0.25, 0.3) is 162 Å². The van der Waals surface area contributed by atoms with Crippen LogP contribution in [0.15, 0.2) is 322 Å². The van der Waals surface area contributed by atoms with E-state index in [1.54, 1.807) is 0 Å². The van der Waals surface area contributed by atoms with Crippen molar-refractivity contribution >= 4 is 65.9 Å². The highest BCUT2D eigenvalue weighted by Crippen LogP contribution is 2.43. The number of hydrogen-bond donors (Lipinski definition) is 0. The highest BCUT2D eigenvalue weighted by Gasteiger charge is 2.25. The molecule has 0 bridgehead atoms. The average Bonchev–Trinajstić information content (AvgIpc) is 1.81. The second-order valence-corrected chi connectivity index (χ2v) is 23.1. The average molecular weight is 1160 g/mol. The van der Waals surface area contributed by atoms with E-state index in [4.69, 9.17) is 19.9 Å². The molecule has 5 aromatic heterocycles. The maximum absolute atomic E-state index is 5.53. The zero-order valence-corrected chi connectivity index (χ0v) is 49.1. The molecule has 18 rings (SSSR count). The first-order chi connectivity index (χ1) is 45.1. The highest BCUT2D eigenvalue weighted by atomic mass is 15.1. The summed E-state index contributed by atoms with van der Waals surface area (Å²) in [5, 5.41) is 2.36. The third-order valence-corrected chi connectivity index (χ3v) is 17.6. The summed E-state index contributed by atoms with van der Waals surface area (Å²) in [6.45, 7) is 0. The van der Waals surface area contributed by atoms with Crippen LogP contribution < -0.4 is 0 Å². The lowest BCUT2D eigenvalue weighted by Gasteiger charge is -2.18. The molecule has 0 N–H and O–H groups in total. The van der Waals surface area contributed by atoms with Crippen LogP contribution in [0.1, 0.15) is 0 Å². The van der Waals surface area contributed by atoms with E-state index in [2.05, 4.69) is 344 Å². The van der Waals surface area contributed by atoms with Gasteiger partial charge in [0.25, 0.3) is 0 Å². The molecule has 0 fully saturated rings. The lowest BCUT2D eigenvalue weighted by molar-refractivity contribution is 1.09. The Kier molecular flexibility index (Phi) is 12.0. The molecule has 426 valence electrons. The Bertz CT molecular complexity index is 5210. The summed E-state index contributed by atoms with van der Waals surface area (Å²) in [5.41, 5.74) is 22.7. The van der Waals surface area contributed by atoms with Gasteiger partial charge in [0.15, 0.2) is 0 Å². The van der Waals surface area contributed by atoms with Crippen molar-refractivity contribution in [3.63, 3.8) is 0 Å². The molecule has 9 nitrogen and oxygen atoms in total. The quantitative estimate of drug-likeness (QED) is 0.129. The monoisotopic (exact) mass is 1160 g/mol. The van der Waals surface area contributed by atoms with E-state index in [1.807, 2.05) is 0 Å². The number of hydrogen-bond acceptors (Lipinski definition) is 4. The van der Waals surface area contributed by atoms with Gasteiger partial charge in [-0.15, -0.1) is 0 Å². The second-order valence-electron chi connectivity index (χ2n) is 23.1. The van der Waals surface area contributed by atoms with Crippen molar-refractivity contribution in [1.29, 1.82) is 0 Å². The first-order valence-electron chi connectivity index (χ1n) is 30.7. The van der Waals surface area contributed by atoms with Crippen molar-refractivity contribution in [2.45, 2.75) is 0 Å². The molecule has 0 aliphatic heterocycles. The summed E-state index contributed by atoms with van der Waals surface area (Å²) in [6.07, 6.45) is 0. The Balaban J connectivity index is 0.955. The molecule has 91 heavy (non-hydrogen) atoms. The number of imidazole rings is 4. The third kappa shape index (κ3) is 8.70. The van der Waals surface area contributed by atoms with Crippen molar-refractivity contribution in [2.24, 2.45) is 0 Å². The van der Waals surface area contributed by atoms with Crippen LogP contribution in [0.4, 0.5) is 0 Å². The number of benzene rings is 13. The number of rotatable bonds is 11. The van der Waals surface area contributed by atoms with Gasteiger partial charge in [-0.3, -0.25) is 18.3 Å². The molecule has 0 unspecified atom stereocenters. The van der Waals surface area contributed by atoms with E-state index in [0.717, 1.165) is 151 Å². The summed E-state index contributed by atoms with van der Waals surface area (Å²) in [4.78, 5) is 22.1. The second kappa shape index (κ2) is 21.2. The molecule has 0 saturated carbocycles. The van der Waals surface area contributed by atoms with E-state index in [0.29, 0.717) is 0 Å². The van der Waals surface area contributed by atoms with Gasteiger partial charge in [0.2, 0.25) is 0 Å². The summed E-state index contributed by atoms with van der Waals surface area (Å²) >= 11 is 0. The van der Waals surface area contributed by atoms with Gasteiger partial charge in [0, 0.05) is 61.5 Å². The smallest absolute Gasteiger partial charge is 0.145 e. The van der Waals surface area contributed by atoms with E-state index < -0.39 is 0 Å². The lowest BCUT2D eigenvalue weighted by atomic mass is 9.93. The van der Waals surface area contributed by atoms with Gasteiger partial charge < -0.3 is 4.57 Å². The van der Waals surface area contributed by atoms with Gasteiger partial charge in [-0.2, -0.15) is 0 Å². The van der Waals surface area contributed by atoms with Crippen molar-refractivity contribution in [1.82, 2.24) is 42.8 Å². The summed E-state index contributed by atoms with van der Waals surface area (Å²) in [7, 11) is 0. The van der Waals surface area contributed by atoms with Crippen LogP contribution in [0, 0.1) is 0 Å². The first kappa shape index (κ1) is 51.7. The number of aromatic nitrogens is 9. The highest BCUT2D eigenvalue weighted by molar-refractivity contribution is 6.09. The number of para-hydroxylation sites is 14. The SMILES string of the molecule is c1ccc(-n2c(-c3cc(-c4cc(-c5cc(-c6nc7ccccc7n6-c6ccccc6)cc(-c6nc7ccccc7n6-c6ccccc6)c5)cc(-n5c6ccccc6c6ccccc65)c4)cc(-c4nc5ccccc5n4-c4ccccc4)c3)nc3ccccc32)cc1. The Hall–Kier alpha value is -12.5. The predicted octanol–water partition coefficient (Wildman–Crippen LogP) is 20.1. The topological polar surface area (TPSA) is 76.2 Å². The minimum atomic E-state index is 0.816. The molecule has 18 aromatic rings. The fourth-order valence-electron chi connectivity index (χ4n) is 13.6. The van der Waals surface area contributed by atoms with Crippen LogP contribution in [-0.4, -0.2) is 42.8 Å². The fourth-order valence-corrected chi connectivity index (χ4v) is 13.6. The van der Waals surface area contributed by atoms with Crippen LogP contribution in [0.3, 0.4) is 0 Å². The van der Waals surface area contributed by atoms with E-state index in [1.165, 1.54) is 10.8 Å². The zero-order chi connectivity index (χ0) is 59.9. The zero-order valence-electron chi connectivity index (χ0n) is 49.1. The van der Waals surface area contributed by atoms with Crippen molar-refractivity contribution in [3.05, 3.63) is 322 Å². The predicted molar refractivity (Wildman–Crippen MR) is 372 cm³/mol. The van der Waals surface area contributed by atoms with E-state index in [-0.39, 0.29) is 0 Å². The molecule has 0 spiro atoms. The molecule has 5 heterocycles. The summed E-state index contributed by atoms with van der Waals surface area (Å²) in [5.74, 6) is 3.27. The molecular formula is C82H53N9. The minimum Gasteiger partial charge on any atom is -0.309 e. The minimum absolute atomic E-state index is 0.816. The molecule has 13 aromatic carbocycles. The van der Waals surface area contributed by atoms with E-state index >= 15 is 0 Å². The molecule has 0 radical (unpaired) electrons.